The fourth-order valence-corrected chi connectivity index (χ4v) is 2.51. The molecule has 1 aromatic carbocycles. The summed E-state index contributed by atoms with van der Waals surface area (Å²) in [6, 6.07) is 9.17. The minimum Gasteiger partial charge on any atom is -0.409 e. The predicted octanol–water partition coefficient (Wildman–Crippen LogP) is 1.79. The molecule has 1 fully saturated rings. The molecule has 1 amide bonds. The van der Waals surface area contributed by atoms with E-state index in [9.17, 15) is 4.79 Å². The molecule has 1 aliphatic rings. The van der Waals surface area contributed by atoms with Crippen LogP contribution < -0.4 is 11.1 Å². The minimum absolute atomic E-state index is 0.00553. The number of carbonyl (C=O) groups excluding carboxylic acids is 1. The van der Waals surface area contributed by atoms with Crippen molar-refractivity contribution < 1.29 is 10.0 Å². The molecule has 0 saturated heterocycles. The van der Waals surface area contributed by atoms with Crippen molar-refractivity contribution in [1.29, 1.82) is 0 Å². The second-order valence-corrected chi connectivity index (χ2v) is 4.90. The van der Waals surface area contributed by atoms with E-state index in [-0.39, 0.29) is 11.7 Å². The van der Waals surface area contributed by atoms with Crippen LogP contribution in [0.25, 0.3) is 0 Å². The van der Waals surface area contributed by atoms with Crippen molar-refractivity contribution in [2.75, 3.05) is 5.32 Å². The summed E-state index contributed by atoms with van der Waals surface area (Å²) in [5.41, 5.74) is 5.53. The maximum Gasteiger partial charge on any atom is 0.238 e. The normalized spacial score (nSPS) is 27.4. The number of benzene rings is 1. The molecule has 0 bridgehead atoms. The number of carbonyl (C=O) groups is 1. The number of nitrogens with one attached hydrogen (secondary N) is 1. The molecular weight excluding hydrogens is 230 g/mol. The molecule has 1 aromatic rings. The largest absolute Gasteiger partial charge is 0.409 e. The van der Waals surface area contributed by atoms with Crippen molar-refractivity contribution >= 4 is 17.4 Å². The Morgan fingerprint density at radius 3 is 2.56 bits per heavy atom. The number of para-hydroxylation sites is 1. The van der Waals surface area contributed by atoms with Crippen LogP contribution >= 0.6 is 0 Å². The maximum atomic E-state index is 12.3. The van der Waals surface area contributed by atoms with E-state index in [1.165, 1.54) is 0 Å². The first kappa shape index (κ1) is 12.4. The SMILES string of the molecule is CC1CC(C(=O)Nc2ccccc2)(/C(N)=N/O)C1. The summed E-state index contributed by atoms with van der Waals surface area (Å²) >= 11 is 0. The smallest absolute Gasteiger partial charge is 0.238 e. The second-order valence-electron chi connectivity index (χ2n) is 4.90. The van der Waals surface area contributed by atoms with Crippen molar-refractivity contribution in [2.45, 2.75) is 19.8 Å². The van der Waals surface area contributed by atoms with Crippen LogP contribution in [-0.4, -0.2) is 17.0 Å². The molecule has 0 spiro atoms. The molecule has 0 unspecified atom stereocenters. The fraction of sp³-hybridized carbons (Fsp3) is 0.385. The molecule has 0 aromatic heterocycles. The number of hydrogen-bond acceptors (Lipinski definition) is 3. The Labute approximate surface area is 106 Å². The molecule has 5 heteroatoms. The Bertz CT molecular complexity index is 464. The van der Waals surface area contributed by atoms with Gasteiger partial charge >= 0.3 is 0 Å². The van der Waals surface area contributed by atoms with Crippen molar-refractivity contribution in [2.24, 2.45) is 22.2 Å². The molecule has 0 radical (unpaired) electrons. The number of amidine groups is 1. The first-order valence-electron chi connectivity index (χ1n) is 5.93. The van der Waals surface area contributed by atoms with Crippen molar-refractivity contribution in [3.05, 3.63) is 30.3 Å². The molecule has 18 heavy (non-hydrogen) atoms. The van der Waals surface area contributed by atoms with Crippen LogP contribution in [0, 0.1) is 11.3 Å². The first-order valence-corrected chi connectivity index (χ1v) is 5.93. The number of rotatable bonds is 3. The number of nitrogens with two attached hydrogens (primary N) is 1. The predicted molar refractivity (Wildman–Crippen MR) is 69.3 cm³/mol. The summed E-state index contributed by atoms with van der Waals surface area (Å²) in [5.74, 6) is 0.197. The lowest BCUT2D eigenvalue weighted by atomic mass is 9.61. The van der Waals surface area contributed by atoms with Crippen LogP contribution in [0.15, 0.2) is 35.5 Å². The molecule has 0 aliphatic heterocycles. The Morgan fingerprint density at radius 2 is 2.06 bits per heavy atom. The third-order valence-corrected chi connectivity index (χ3v) is 3.46. The van der Waals surface area contributed by atoms with Gasteiger partial charge in [-0.1, -0.05) is 30.3 Å². The van der Waals surface area contributed by atoms with Gasteiger partial charge in [0.1, 0.15) is 5.41 Å². The van der Waals surface area contributed by atoms with Crippen molar-refractivity contribution in [3.8, 4) is 0 Å². The Morgan fingerprint density at radius 1 is 1.44 bits per heavy atom. The van der Waals surface area contributed by atoms with Crippen molar-refractivity contribution in [1.82, 2.24) is 0 Å². The van der Waals surface area contributed by atoms with Gasteiger partial charge in [-0.15, -0.1) is 0 Å². The molecule has 4 N–H and O–H groups in total. The third kappa shape index (κ3) is 2.03. The molecule has 0 atom stereocenters. The van der Waals surface area contributed by atoms with E-state index in [1.54, 1.807) is 12.1 Å². The number of amides is 1. The van der Waals surface area contributed by atoms with Gasteiger partial charge in [0.15, 0.2) is 5.84 Å². The molecule has 2 rings (SSSR count). The Hall–Kier alpha value is -2.04. The summed E-state index contributed by atoms with van der Waals surface area (Å²) in [5, 5.41) is 14.6. The lowest BCUT2D eigenvalue weighted by Crippen LogP contribution is -2.54. The van der Waals surface area contributed by atoms with E-state index in [1.807, 2.05) is 25.1 Å². The van der Waals surface area contributed by atoms with Gasteiger partial charge in [-0.2, -0.15) is 0 Å². The summed E-state index contributed by atoms with van der Waals surface area (Å²) in [6.45, 7) is 2.04. The van der Waals surface area contributed by atoms with Crippen LogP contribution in [0.5, 0.6) is 0 Å². The lowest BCUT2D eigenvalue weighted by molar-refractivity contribution is -0.127. The molecular formula is C13H17N3O2. The highest BCUT2D eigenvalue weighted by atomic mass is 16.4. The van der Waals surface area contributed by atoms with E-state index >= 15 is 0 Å². The first-order chi connectivity index (χ1) is 8.58. The number of nitrogens with zero attached hydrogens (tertiary/aromatic N) is 1. The van der Waals surface area contributed by atoms with Gasteiger partial charge in [-0.25, -0.2) is 0 Å². The summed E-state index contributed by atoms with van der Waals surface area (Å²) in [4.78, 5) is 12.3. The second kappa shape index (κ2) is 4.68. The van der Waals surface area contributed by atoms with E-state index < -0.39 is 5.41 Å². The lowest BCUT2D eigenvalue weighted by Gasteiger charge is -2.43. The standard InChI is InChI=1S/C13H17N3O2/c1-9-7-13(8-9,11(14)16-18)12(17)15-10-5-3-2-4-6-10/h2-6,9,18H,7-8H2,1H3,(H2,14,16)(H,15,17). The fourth-order valence-electron chi connectivity index (χ4n) is 2.51. The Balaban J connectivity index is 2.16. The van der Waals surface area contributed by atoms with Gasteiger partial charge < -0.3 is 16.3 Å². The maximum absolute atomic E-state index is 12.3. The zero-order valence-corrected chi connectivity index (χ0v) is 10.3. The van der Waals surface area contributed by atoms with Gasteiger partial charge in [-0.3, -0.25) is 4.79 Å². The van der Waals surface area contributed by atoms with E-state index in [4.69, 9.17) is 10.9 Å². The molecule has 96 valence electrons. The topological polar surface area (TPSA) is 87.7 Å². The van der Waals surface area contributed by atoms with Crippen LogP contribution in [0.3, 0.4) is 0 Å². The summed E-state index contributed by atoms with van der Waals surface area (Å²) in [7, 11) is 0. The average molecular weight is 247 g/mol. The molecule has 5 nitrogen and oxygen atoms in total. The van der Waals surface area contributed by atoms with Gasteiger partial charge in [0.2, 0.25) is 5.91 Å². The molecule has 0 heterocycles. The number of oxime groups is 1. The Kier molecular flexibility index (Phi) is 3.23. The van der Waals surface area contributed by atoms with Gasteiger partial charge in [-0.05, 0) is 30.9 Å². The van der Waals surface area contributed by atoms with Gasteiger partial charge in [0.25, 0.3) is 0 Å². The average Bonchev–Trinajstić information content (AvgIpc) is 2.34. The van der Waals surface area contributed by atoms with Crippen LogP contribution in [-0.2, 0) is 4.79 Å². The van der Waals surface area contributed by atoms with Crippen LogP contribution in [0.2, 0.25) is 0 Å². The van der Waals surface area contributed by atoms with Crippen molar-refractivity contribution in [3.63, 3.8) is 0 Å². The quantitative estimate of drug-likeness (QED) is 0.329. The zero-order chi connectivity index (χ0) is 13.2. The molecule has 1 aliphatic carbocycles. The van der Waals surface area contributed by atoms with E-state index in [0.29, 0.717) is 24.4 Å². The van der Waals surface area contributed by atoms with Crippen LogP contribution in [0.1, 0.15) is 19.8 Å². The number of anilines is 1. The highest BCUT2D eigenvalue weighted by Gasteiger charge is 2.52. The zero-order valence-electron chi connectivity index (χ0n) is 10.3. The summed E-state index contributed by atoms with van der Waals surface area (Å²) in [6.07, 6.45) is 1.23. The monoisotopic (exact) mass is 247 g/mol. The number of hydrogen-bond donors (Lipinski definition) is 3. The highest BCUT2D eigenvalue weighted by Crippen LogP contribution is 2.46. The minimum atomic E-state index is -0.857. The van der Waals surface area contributed by atoms with Gasteiger partial charge in [0.05, 0.1) is 0 Å². The van der Waals surface area contributed by atoms with Crippen LogP contribution in [0.4, 0.5) is 5.69 Å². The summed E-state index contributed by atoms with van der Waals surface area (Å²) < 4.78 is 0. The van der Waals surface area contributed by atoms with Gasteiger partial charge in [0, 0.05) is 5.69 Å². The third-order valence-electron chi connectivity index (χ3n) is 3.46. The van der Waals surface area contributed by atoms with E-state index in [0.717, 1.165) is 0 Å². The molecule has 1 saturated carbocycles. The van der Waals surface area contributed by atoms with E-state index in [2.05, 4.69) is 10.5 Å². The highest BCUT2D eigenvalue weighted by molar-refractivity contribution is 6.12.